The second-order valence-electron chi connectivity index (χ2n) is 6.27. The average Bonchev–Trinajstić information content (AvgIpc) is 2.63. The standard InChI is InChI=1S/C14H25NO2/c1-10-3-5-12(6-4-10)8-15-7-11(2)13(9-15)14(16)17/h10-13H,3-9H2,1-2H3,(H,16,17). The van der Waals surface area contributed by atoms with Gasteiger partial charge in [0.05, 0.1) is 5.92 Å². The molecule has 17 heavy (non-hydrogen) atoms. The van der Waals surface area contributed by atoms with Crippen molar-refractivity contribution in [2.75, 3.05) is 19.6 Å². The fourth-order valence-corrected chi connectivity index (χ4v) is 3.41. The van der Waals surface area contributed by atoms with Crippen LogP contribution in [-0.4, -0.2) is 35.6 Å². The Kier molecular flexibility index (Phi) is 4.08. The van der Waals surface area contributed by atoms with E-state index in [1.165, 1.54) is 25.7 Å². The van der Waals surface area contributed by atoms with Crippen molar-refractivity contribution in [3.8, 4) is 0 Å². The van der Waals surface area contributed by atoms with E-state index in [0.717, 1.165) is 31.5 Å². The van der Waals surface area contributed by atoms with E-state index in [1.807, 2.05) is 0 Å². The Morgan fingerprint density at radius 3 is 2.35 bits per heavy atom. The summed E-state index contributed by atoms with van der Waals surface area (Å²) in [5.41, 5.74) is 0. The molecule has 1 aliphatic carbocycles. The molecule has 2 rings (SSSR count). The molecule has 0 radical (unpaired) electrons. The molecule has 1 saturated heterocycles. The van der Waals surface area contributed by atoms with E-state index < -0.39 is 5.97 Å². The Labute approximate surface area is 104 Å². The van der Waals surface area contributed by atoms with Crippen molar-refractivity contribution >= 4 is 5.97 Å². The Hall–Kier alpha value is -0.570. The van der Waals surface area contributed by atoms with Crippen LogP contribution >= 0.6 is 0 Å². The van der Waals surface area contributed by atoms with E-state index in [1.54, 1.807) is 0 Å². The molecule has 2 aliphatic rings. The van der Waals surface area contributed by atoms with E-state index in [4.69, 9.17) is 5.11 Å². The lowest BCUT2D eigenvalue weighted by molar-refractivity contribution is -0.142. The first-order valence-corrected chi connectivity index (χ1v) is 7.01. The molecular weight excluding hydrogens is 214 g/mol. The predicted molar refractivity (Wildman–Crippen MR) is 67.9 cm³/mol. The molecule has 2 fully saturated rings. The van der Waals surface area contributed by atoms with Crippen molar-refractivity contribution < 1.29 is 9.90 Å². The van der Waals surface area contributed by atoms with Gasteiger partial charge in [0.25, 0.3) is 0 Å². The van der Waals surface area contributed by atoms with Crippen LogP contribution in [0.2, 0.25) is 0 Å². The summed E-state index contributed by atoms with van der Waals surface area (Å²) in [6.45, 7) is 7.28. The summed E-state index contributed by atoms with van der Waals surface area (Å²) in [6.07, 6.45) is 5.39. The van der Waals surface area contributed by atoms with Crippen LogP contribution < -0.4 is 0 Å². The SMILES string of the molecule is CC1CCC(CN2CC(C)C(C(=O)O)C2)CC1. The van der Waals surface area contributed by atoms with Crippen molar-refractivity contribution in [2.45, 2.75) is 39.5 Å². The lowest BCUT2D eigenvalue weighted by Gasteiger charge is -2.29. The fraction of sp³-hybridized carbons (Fsp3) is 0.929. The van der Waals surface area contributed by atoms with Gasteiger partial charge < -0.3 is 10.0 Å². The number of likely N-dealkylation sites (tertiary alicyclic amines) is 1. The van der Waals surface area contributed by atoms with Crippen LogP contribution in [-0.2, 0) is 4.79 Å². The zero-order chi connectivity index (χ0) is 12.4. The van der Waals surface area contributed by atoms with Gasteiger partial charge in [-0.25, -0.2) is 0 Å². The topological polar surface area (TPSA) is 40.5 Å². The monoisotopic (exact) mass is 239 g/mol. The summed E-state index contributed by atoms with van der Waals surface area (Å²) < 4.78 is 0. The summed E-state index contributed by atoms with van der Waals surface area (Å²) in [7, 11) is 0. The number of hydrogen-bond acceptors (Lipinski definition) is 2. The van der Waals surface area contributed by atoms with Crippen LogP contribution in [0.4, 0.5) is 0 Å². The largest absolute Gasteiger partial charge is 0.481 e. The molecule has 3 nitrogen and oxygen atoms in total. The molecule has 1 aliphatic heterocycles. The van der Waals surface area contributed by atoms with Gasteiger partial charge in [-0.15, -0.1) is 0 Å². The van der Waals surface area contributed by atoms with Crippen molar-refractivity contribution in [3.05, 3.63) is 0 Å². The van der Waals surface area contributed by atoms with Gasteiger partial charge in [-0.2, -0.15) is 0 Å². The molecule has 2 atom stereocenters. The highest BCUT2D eigenvalue weighted by Gasteiger charge is 2.35. The second kappa shape index (κ2) is 5.38. The van der Waals surface area contributed by atoms with Gasteiger partial charge in [0.15, 0.2) is 0 Å². The molecule has 0 bridgehead atoms. The second-order valence-corrected chi connectivity index (χ2v) is 6.27. The number of rotatable bonds is 3. The van der Waals surface area contributed by atoms with Gasteiger partial charge in [0, 0.05) is 19.6 Å². The van der Waals surface area contributed by atoms with Crippen LogP contribution in [0.5, 0.6) is 0 Å². The summed E-state index contributed by atoms with van der Waals surface area (Å²) in [6, 6.07) is 0. The quantitative estimate of drug-likeness (QED) is 0.822. The van der Waals surface area contributed by atoms with Gasteiger partial charge in [0.2, 0.25) is 0 Å². The molecule has 0 spiro atoms. The number of nitrogens with zero attached hydrogens (tertiary/aromatic N) is 1. The minimum Gasteiger partial charge on any atom is -0.481 e. The number of aliphatic carboxylic acids is 1. The number of carboxylic acids is 1. The highest BCUT2D eigenvalue weighted by Crippen LogP contribution is 2.31. The predicted octanol–water partition coefficient (Wildman–Crippen LogP) is 2.47. The Balaban J connectivity index is 1.79. The maximum atomic E-state index is 11.1. The average molecular weight is 239 g/mol. The fourth-order valence-electron chi connectivity index (χ4n) is 3.41. The highest BCUT2D eigenvalue weighted by atomic mass is 16.4. The van der Waals surface area contributed by atoms with Crippen LogP contribution in [0.1, 0.15) is 39.5 Å². The molecule has 0 aromatic rings. The minimum atomic E-state index is -0.614. The molecule has 0 amide bonds. The maximum absolute atomic E-state index is 11.1. The van der Waals surface area contributed by atoms with E-state index in [2.05, 4.69) is 18.7 Å². The Bertz CT molecular complexity index is 271. The van der Waals surface area contributed by atoms with Crippen LogP contribution in [0.3, 0.4) is 0 Å². The summed E-state index contributed by atoms with van der Waals surface area (Å²) >= 11 is 0. The Morgan fingerprint density at radius 2 is 1.82 bits per heavy atom. The van der Waals surface area contributed by atoms with E-state index >= 15 is 0 Å². The van der Waals surface area contributed by atoms with Gasteiger partial charge in [0.1, 0.15) is 0 Å². The number of carbonyl (C=O) groups is 1. The van der Waals surface area contributed by atoms with Gasteiger partial charge in [-0.1, -0.05) is 26.7 Å². The molecular formula is C14H25NO2. The molecule has 0 aromatic heterocycles. The van der Waals surface area contributed by atoms with E-state index in [0.29, 0.717) is 5.92 Å². The van der Waals surface area contributed by atoms with Crippen LogP contribution in [0.25, 0.3) is 0 Å². The third-order valence-electron chi connectivity index (χ3n) is 4.66. The smallest absolute Gasteiger partial charge is 0.308 e. The van der Waals surface area contributed by atoms with Crippen molar-refractivity contribution in [1.29, 1.82) is 0 Å². The zero-order valence-electron chi connectivity index (χ0n) is 11.1. The molecule has 98 valence electrons. The normalized spacial score (nSPS) is 39.4. The van der Waals surface area contributed by atoms with Gasteiger partial charge >= 0.3 is 5.97 Å². The lowest BCUT2D eigenvalue weighted by Crippen LogP contribution is -2.30. The third-order valence-corrected chi connectivity index (χ3v) is 4.66. The molecule has 1 heterocycles. The third kappa shape index (κ3) is 3.21. The molecule has 1 saturated carbocycles. The number of hydrogen-bond donors (Lipinski definition) is 1. The van der Waals surface area contributed by atoms with Crippen molar-refractivity contribution in [1.82, 2.24) is 4.90 Å². The molecule has 0 aromatic carbocycles. The minimum absolute atomic E-state index is 0.141. The summed E-state index contributed by atoms with van der Waals surface area (Å²) in [4.78, 5) is 13.4. The first kappa shape index (κ1) is 12.9. The summed E-state index contributed by atoms with van der Waals surface area (Å²) in [5, 5.41) is 9.12. The van der Waals surface area contributed by atoms with Gasteiger partial charge in [-0.3, -0.25) is 4.79 Å². The van der Waals surface area contributed by atoms with E-state index in [9.17, 15) is 4.79 Å². The first-order chi connectivity index (χ1) is 8.06. The first-order valence-electron chi connectivity index (χ1n) is 7.01. The van der Waals surface area contributed by atoms with Crippen molar-refractivity contribution in [2.24, 2.45) is 23.7 Å². The zero-order valence-corrected chi connectivity index (χ0v) is 11.1. The highest BCUT2D eigenvalue weighted by molar-refractivity contribution is 5.71. The Morgan fingerprint density at radius 1 is 1.18 bits per heavy atom. The molecule has 2 unspecified atom stereocenters. The summed E-state index contributed by atoms with van der Waals surface area (Å²) in [5.74, 6) is 1.27. The maximum Gasteiger partial charge on any atom is 0.308 e. The lowest BCUT2D eigenvalue weighted by atomic mass is 9.83. The van der Waals surface area contributed by atoms with Crippen LogP contribution in [0.15, 0.2) is 0 Å². The van der Waals surface area contributed by atoms with Crippen molar-refractivity contribution in [3.63, 3.8) is 0 Å². The molecule has 1 N–H and O–H groups in total. The molecule has 3 heteroatoms. The van der Waals surface area contributed by atoms with E-state index in [-0.39, 0.29) is 5.92 Å². The van der Waals surface area contributed by atoms with Gasteiger partial charge in [-0.05, 0) is 30.6 Å². The number of carboxylic acid groups (broad SMARTS) is 1. The van der Waals surface area contributed by atoms with Crippen LogP contribution in [0, 0.1) is 23.7 Å².